The summed E-state index contributed by atoms with van der Waals surface area (Å²) in [5, 5.41) is 8.56. The van der Waals surface area contributed by atoms with Gasteiger partial charge in [0.15, 0.2) is 0 Å². The van der Waals surface area contributed by atoms with E-state index < -0.39 is 12.4 Å². The Morgan fingerprint density at radius 1 is 1.25 bits per heavy atom. The van der Waals surface area contributed by atoms with Gasteiger partial charge in [-0.25, -0.2) is 8.78 Å². The van der Waals surface area contributed by atoms with Crippen molar-refractivity contribution >= 4 is 5.97 Å². The molecule has 0 saturated carbocycles. The van der Waals surface area contributed by atoms with E-state index in [0.717, 1.165) is 5.56 Å². The van der Waals surface area contributed by atoms with E-state index in [0.29, 0.717) is 0 Å². The summed E-state index contributed by atoms with van der Waals surface area (Å²) in [6.45, 7) is 0. The van der Waals surface area contributed by atoms with Gasteiger partial charge in [0.05, 0.1) is 0 Å². The summed E-state index contributed by atoms with van der Waals surface area (Å²) >= 11 is 0. The van der Waals surface area contributed by atoms with Gasteiger partial charge in [0, 0.05) is 12.8 Å². The zero-order chi connectivity index (χ0) is 12.0. The highest BCUT2D eigenvalue weighted by Crippen LogP contribution is 2.27. The average molecular weight is 228 g/mol. The van der Waals surface area contributed by atoms with Crippen LogP contribution in [0.25, 0.3) is 0 Å². The number of aliphatic carboxylic acids is 1. The molecule has 0 aromatic heterocycles. The van der Waals surface area contributed by atoms with Crippen LogP contribution >= 0.6 is 0 Å². The zero-order valence-electron chi connectivity index (χ0n) is 8.77. The maximum atomic E-state index is 12.3. The van der Waals surface area contributed by atoms with E-state index in [1.165, 1.54) is 0 Å². The summed E-state index contributed by atoms with van der Waals surface area (Å²) in [5.41, 5.74) is 0.782. The minimum absolute atomic E-state index is 0.0771. The fourth-order valence-corrected chi connectivity index (χ4v) is 1.66. The van der Waals surface area contributed by atoms with Crippen LogP contribution < -0.4 is 0 Å². The number of rotatable bonds is 6. The molecule has 1 aromatic carbocycles. The number of carbonyl (C=O) groups is 1. The van der Waals surface area contributed by atoms with Gasteiger partial charge in [-0.3, -0.25) is 4.79 Å². The molecule has 0 aliphatic rings. The van der Waals surface area contributed by atoms with Gasteiger partial charge in [0.25, 0.3) is 0 Å². The SMILES string of the molecule is O=C(O)CCC(CC(F)F)c1ccccc1. The molecule has 0 heterocycles. The molecule has 0 saturated heterocycles. The van der Waals surface area contributed by atoms with Crippen LogP contribution in [-0.2, 0) is 4.79 Å². The number of alkyl halides is 2. The van der Waals surface area contributed by atoms with Crippen molar-refractivity contribution in [1.29, 1.82) is 0 Å². The molecule has 2 nitrogen and oxygen atoms in total. The third-order valence-electron chi connectivity index (χ3n) is 2.44. The highest BCUT2D eigenvalue weighted by molar-refractivity contribution is 5.66. The molecule has 0 aliphatic heterocycles. The van der Waals surface area contributed by atoms with Gasteiger partial charge in [0.1, 0.15) is 0 Å². The fraction of sp³-hybridized carbons (Fsp3) is 0.417. The molecule has 0 spiro atoms. The topological polar surface area (TPSA) is 37.3 Å². The highest BCUT2D eigenvalue weighted by atomic mass is 19.3. The molecule has 0 amide bonds. The van der Waals surface area contributed by atoms with Gasteiger partial charge in [-0.15, -0.1) is 0 Å². The Hall–Kier alpha value is -1.45. The van der Waals surface area contributed by atoms with E-state index in [-0.39, 0.29) is 25.2 Å². The molecular formula is C12H14F2O2. The molecule has 1 aromatic rings. The van der Waals surface area contributed by atoms with Gasteiger partial charge in [0.2, 0.25) is 6.43 Å². The summed E-state index contributed by atoms with van der Waals surface area (Å²) in [7, 11) is 0. The standard InChI is InChI=1S/C12H14F2O2/c13-11(14)8-10(6-7-12(15)16)9-4-2-1-3-5-9/h1-5,10-11H,6-8H2,(H,15,16). The van der Waals surface area contributed by atoms with Crippen LogP contribution in [0.3, 0.4) is 0 Å². The Labute approximate surface area is 92.9 Å². The molecule has 1 unspecified atom stereocenters. The van der Waals surface area contributed by atoms with Crippen molar-refractivity contribution in [2.75, 3.05) is 0 Å². The summed E-state index contributed by atoms with van der Waals surface area (Å²) in [6, 6.07) is 8.87. The Kier molecular flexibility index (Phi) is 4.89. The van der Waals surface area contributed by atoms with E-state index in [4.69, 9.17) is 5.11 Å². The maximum Gasteiger partial charge on any atom is 0.303 e. The molecule has 88 valence electrons. The van der Waals surface area contributed by atoms with Gasteiger partial charge < -0.3 is 5.11 Å². The number of benzene rings is 1. The quantitative estimate of drug-likeness (QED) is 0.811. The van der Waals surface area contributed by atoms with E-state index >= 15 is 0 Å². The summed E-state index contributed by atoms with van der Waals surface area (Å²) in [6.07, 6.45) is -2.51. The first-order chi connectivity index (χ1) is 7.59. The van der Waals surface area contributed by atoms with Crippen LogP contribution in [0.1, 0.15) is 30.7 Å². The number of carboxylic acid groups (broad SMARTS) is 1. The second kappa shape index (κ2) is 6.20. The number of carboxylic acids is 1. The molecule has 1 rings (SSSR count). The normalized spacial score (nSPS) is 12.7. The van der Waals surface area contributed by atoms with E-state index in [1.807, 2.05) is 0 Å². The maximum absolute atomic E-state index is 12.3. The molecule has 0 aliphatic carbocycles. The van der Waals surface area contributed by atoms with Crippen molar-refractivity contribution in [2.45, 2.75) is 31.6 Å². The lowest BCUT2D eigenvalue weighted by atomic mass is 9.91. The third-order valence-corrected chi connectivity index (χ3v) is 2.44. The fourth-order valence-electron chi connectivity index (χ4n) is 1.66. The van der Waals surface area contributed by atoms with E-state index in [2.05, 4.69) is 0 Å². The second-order valence-electron chi connectivity index (χ2n) is 3.67. The Bertz CT molecular complexity index is 325. The molecule has 1 N–H and O–H groups in total. The zero-order valence-corrected chi connectivity index (χ0v) is 8.77. The summed E-state index contributed by atoms with van der Waals surface area (Å²) in [5.74, 6) is -1.33. The largest absolute Gasteiger partial charge is 0.481 e. The summed E-state index contributed by atoms with van der Waals surface area (Å²) in [4.78, 5) is 10.4. The number of hydrogen-bond acceptors (Lipinski definition) is 1. The monoisotopic (exact) mass is 228 g/mol. The Morgan fingerprint density at radius 3 is 2.38 bits per heavy atom. The molecule has 1 atom stereocenters. The predicted octanol–water partition coefficient (Wildman–Crippen LogP) is 3.29. The first kappa shape index (κ1) is 12.6. The highest BCUT2D eigenvalue weighted by Gasteiger charge is 2.17. The first-order valence-corrected chi connectivity index (χ1v) is 5.14. The second-order valence-corrected chi connectivity index (χ2v) is 3.67. The minimum Gasteiger partial charge on any atom is -0.481 e. The van der Waals surface area contributed by atoms with Crippen molar-refractivity contribution in [3.8, 4) is 0 Å². The van der Waals surface area contributed by atoms with E-state index in [9.17, 15) is 13.6 Å². The predicted molar refractivity (Wildman–Crippen MR) is 56.7 cm³/mol. The number of hydrogen-bond donors (Lipinski definition) is 1. The lowest BCUT2D eigenvalue weighted by Gasteiger charge is -2.15. The Balaban J connectivity index is 2.67. The first-order valence-electron chi connectivity index (χ1n) is 5.14. The van der Waals surface area contributed by atoms with Crippen LogP contribution in [0, 0.1) is 0 Å². The molecular weight excluding hydrogens is 214 g/mol. The van der Waals surface area contributed by atoms with Gasteiger partial charge >= 0.3 is 5.97 Å². The lowest BCUT2D eigenvalue weighted by molar-refractivity contribution is -0.137. The van der Waals surface area contributed by atoms with Crippen molar-refractivity contribution < 1.29 is 18.7 Å². The molecule has 0 bridgehead atoms. The van der Waals surface area contributed by atoms with Crippen LogP contribution in [0.5, 0.6) is 0 Å². The van der Waals surface area contributed by atoms with Crippen molar-refractivity contribution in [3.63, 3.8) is 0 Å². The smallest absolute Gasteiger partial charge is 0.303 e. The van der Waals surface area contributed by atoms with Crippen molar-refractivity contribution in [1.82, 2.24) is 0 Å². The molecule has 4 heteroatoms. The van der Waals surface area contributed by atoms with Crippen molar-refractivity contribution in [3.05, 3.63) is 35.9 Å². The van der Waals surface area contributed by atoms with Crippen LogP contribution in [0.15, 0.2) is 30.3 Å². The molecule has 0 fully saturated rings. The van der Waals surface area contributed by atoms with Crippen LogP contribution in [0.4, 0.5) is 8.78 Å². The van der Waals surface area contributed by atoms with Crippen molar-refractivity contribution in [2.24, 2.45) is 0 Å². The van der Waals surface area contributed by atoms with Gasteiger partial charge in [-0.2, -0.15) is 0 Å². The van der Waals surface area contributed by atoms with Crippen LogP contribution in [0.2, 0.25) is 0 Å². The summed E-state index contributed by atoms with van der Waals surface area (Å²) < 4.78 is 24.7. The van der Waals surface area contributed by atoms with Gasteiger partial charge in [-0.05, 0) is 17.9 Å². The Morgan fingerprint density at radius 2 is 1.88 bits per heavy atom. The number of halogens is 2. The van der Waals surface area contributed by atoms with E-state index in [1.54, 1.807) is 30.3 Å². The average Bonchev–Trinajstić information content (AvgIpc) is 2.25. The van der Waals surface area contributed by atoms with Crippen LogP contribution in [-0.4, -0.2) is 17.5 Å². The molecule has 0 radical (unpaired) electrons. The minimum atomic E-state index is -2.40. The molecule has 16 heavy (non-hydrogen) atoms. The van der Waals surface area contributed by atoms with Gasteiger partial charge in [-0.1, -0.05) is 30.3 Å². The lowest BCUT2D eigenvalue weighted by Crippen LogP contribution is -2.07. The third kappa shape index (κ3) is 4.38.